The molecule has 0 N–H and O–H groups in total. The van der Waals surface area contributed by atoms with Gasteiger partial charge in [0.15, 0.2) is 14.2 Å². The predicted octanol–water partition coefficient (Wildman–Crippen LogP) is 0.932. The first-order valence-electron chi connectivity index (χ1n) is 8.58. The van der Waals surface area contributed by atoms with Gasteiger partial charge in [-0.25, -0.2) is 8.42 Å². The Morgan fingerprint density at radius 1 is 0.931 bits per heavy atom. The van der Waals surface area contributed by atoms with Crippen LogP contribution < -0.4 is 10.6 Å². The second-order valence-corrected chi connectivity index (χ2v) is 12.1. The zero-order chi connectivity index (χ0) is 21.7. The van der Waals surface area contributed by atoms with Gasteiger partial charge in [0, 0.05) is 10.6 Å². The average Bonchev–Trinajstić information content (AvgIpc) is 2.61. The topological polar surface area (TPSA) is 110 Å². The fraction of sp³-hybridized carbons (Fsp3) is 0.333. The fourth-order valence-electron chi connectivity index (χ4n) is 3.14. The van der Waals surface area contributed by atoms with Gasteiger partial charge in [-0.2, -0.15) is 8.42 Å². The number of rotatable bonds is 6. The molecule has 11 heteroatoms. The van der Waals surface area contributed by atoms with Crippen molar-refractivity contribution in [2.24, 2.45) is 0 Å². The second kappa shape index (κ2) is 9.61. The molecule has 0 aliphatic carbocycles. The van der Waals surface area contributed by atoms with Crippen LogP contribution in [0.1, 0.15) is 0 Å². The van der Waals surface area contributed by atoms with Crippen molar-refractivity contribution in [2.75, 3.05) is 33.5 Å². The highest BCUT2D eigenvalue weighted by atomic mass is 32.3. The number of likely N-dealkylation sites (tertiary alicyclic amines) is 1. The molecule has 29 heavy (non-hydrogen) atoms. The number of quaternary nitrogens is 1. The molecular weight excluding hydrogens is 437 g/mol. The van der Waals surface area contributed by atoms with Gasteiger partial charge in [0.05, 0.1) is 20.4 Å². The van der Waals surface area contributed by atoms with Crippen molar-refractivity contribution in [3.05, 3.63) is 60.7 Å². The molecule has 1 heterocycles. The molecule has 0 saturated carbocycles. The molecule has 1 fully saturated rings. The van der Waals surface area contributed by atoms with Crippen LogP contribution in [0.25, 0.3) is 0 Å². The summed E-state index contributed by atoms with van der Waals surface area (Å²) in [5, 5.41) is 2.60. The normalized spacial score (nSPS) is 21.8. The van der Waals surface area contributed by atoms with Crippen LogP contribution in [0.2, 0.25) is 0 Å². The molecule has 0 radical (unpaired) electrons. The smallest absolute Gasteiger partial charge is 0.265 e. The third-order valence-electron chi connectivity index (χ3n) is 4.19. The van der Waals surface area contributed by atoms with Gasteiger partial charge in [-0.3, -0.25) is 8.37 Å². The van der Waals surface area contributed by atoms with E-state index in [1.165, 1.54) is 10.6 Å². The molecule has 2 aromatic carbocycles. The van der Waals surface area contributed by atoms with Gasteiger partial charge >= 0.3 is 0 Å². The minimum absolute atomic E-state index is 0.215. The Hall–Kier alpha value is -1.39. The molecule has 0 atom stereocenters. The van der Waals surface area contributed by atoms with Crippen LogP contribution in [-0.2, 0) is 28.9 Å². The minimum atomic E-state index is -4.41. The summed E-state index contributed by atoms with van der Waals surface area (Å²) in [5.74, 6) is 0. The molecule has 3 rings (SSSR count). The summed E-state index contributed by atoms with van der Waals surface area (Å²) >= 11 is 0. The van der Waals surface area contributed by atoms with E-state index in [9.17, 15) is 21.4 Å². The summed E-state index contributed by atoms with van der Waals surface area (Å²) in [7, 11) is -5.42. The first-order chi connectivity index (χ1) is 13.4. The van der Waals surface area contributed by atoms with E-state index in [4.69, 9.17) is 4.18 Å². The van der Waals surface area contributed by atoms with Crippen molar-refractivity contribution in [1.29, 1.82) is 0 Å². The van der Waals surface area contributed by atoms with Crippen LogP contribution >= 0.6 is 8.07 Å². The maximum atomic E-state index is 11.3. The van der Waals surface area contributed by atoms with Crippen molar-refractivity contribution < 1.29 is 34.0 Å². The second-order valence-electron chi connectivity index (χ2n) is 6.68. The third kappa shape index (κ3) is 7.42. The minimum Gasteiger partial charge on any atom is -0.726 e. The van der Waals surface area contributed by atoms with Crippen molar-refractivity contribution in [2.45, 2.75) is 6.10 Å². The Bertz CT molecular complexity index is 954. The Kier molecular flexibility index (Phi) is 7.92. The quantitative estimate of drug-likeness (QED) is 0.272. The Labute approximate surface area is 173 Å². The predicted molar refractivity (Wildman–Crippen MR) is 111 cm³/mol. The van der Waals surface area contributed by atoms with E-state index in [0.29, 0.717) is 13.1 Å². The van der Waals surface area contributed by atoms with E-state index >= 15 is 0 Å². The Balaban J connectivity index is 0.000000438. The summed E-state index contributed by atoms with van der Waals surface area (Å²) < 4.78 is 59.7. The summed E-state index contributed by atoms with van der Waals surface area (Å²) in [5.41, 5.74) is 0. The molecule has 160 valence electrons. The van der Waals surface area contributed by atoms with Crippen molar-refractivity contribution >= 4 is 39.2 Å². The van der Waals surface area contributed by atoms with Crippen LogP contribution in [0.5, 0.6) is 0 Å². The number of hydrogen-bond donors (Lipinski definition) is 0. The lowest BCUT2D eigenvalue weighted by molar-refractivity contribution is -0.837. The molecular formula is C18H24NO7PS2. The van der Waals surface area contributed by atoms with E-state index < -0.39 is 28.6 Å². The molecule has 1 saturated heterocycles. The molecule has 0 amide bonds. The SMILES string of the molecule is COS(=O)(=O)[O-].C[N+]1(P(c2ccccc2)c2ccccc2)CC(OS(C)(=O)=O)C1. The highest BCUT2D eigenvalue weighted by molar-refractivity contribution is 7.86. The third-order valence-corrected chi connectivity index (χ3v) is 8.09. The maximum Gasteiger partial charge on any atom is 0.265 e. The van der Waals surface area contributed by atoms with Crippen LogP contribution in [-0.4, -0.2) is 65.2 Å². The lowest BCUT2D eigenvalue weighted by Crippen LogP contribution is -2.63. The van der Waals surface area contributed by atoms with E-state index in [2.05, 4.69) is 59.8 Å². The molecule has 8 nitrogen and oxygen atoms in total. The van der Waals surface area contributed by atoms with E-state index in [-0.39, 0.29) is 6.10 Å². The van der Waals surface area contributed by atoms with Gasteiger partial charge in [0.2, 0.25) is 10.4 Å². The van der Waals surface area contributed by atoms with Crippen LogP contribution in [0.3, 0.4) is 0 Å². The van der Waals surface area contributed by atoms with E-state index in [1.54, 1.807) is 0 Å². The summed E-state index contributed by atoms with van der Waals surface area (Å²) in [4.78, 5) is 0. The molecule has 1 aliphatic heterocycles. The number of likely N-dealkylation sites (N-methyl/N-ethyl adjacent to an activating group) is 1. The van der Waals surface area contributed by atoms with Crippen molar-refractivity contribution in [3.8, 4) is 0 Å². The molecule has 2 aromatic rings. The van der Waals surface area contributed by atoms with Crippen LogP contribution in [0, 0.1) is 0 Å². The lowest BCUT2D eigenvalue weighted by Gasteiger charge is -2.50. The van der Waals surface area contributed by atoms with Gasteiger partial charge in [-0.15, -0.1) is 0 Å². The lowest BCUT2D eigenvalue weighted by atomic mass is 10.2. The largest absolute Gasteiger partial charge is 0.726 e. The number of hydrogen-bond acceptors (Lipinski definition) is 7. The highest BCUT2D eigenvalue weighted by Gasteiger charge is 2.50. The van der Waals surface area contributed by atoms with Crippen LogP contribution in [0.4, 0.5) is 0 Å². The van der Waals surface area contributed by atoms with Gasteiger partial charge in [-0.05, 0) is 24.3 Å². The first-order valence-corrected chi connectivity index (χ1v) is 13.0. The first kappa shape index (κ1) is 23.9. The van der Waals surface area contributed by atoms with Crippen LogP contribution in [0.15, 0.2) is 60.7 Å². The summed E-state index contributed by atoms with van der Waals surface area (Å²) in [6.07, 6.45) is 0.903. The standard InChI is InChI=1S/C17H21NO3PS.CH4O4S/c1-18(13-15(14-18)21-23(2,19)20)22(16-9-5-3-6-10-16)17-11-7-4-8-12-17;1-5-6(2,3)4/h3-12,15H,13-14H2,1-2H3;1H3,(H,2,3,4)/q+1;/p-1. The van der Waals surface area contributed by atoms with Crippen molar-refractivity contribution in [3.63, 3.8) is 0 Å². The number of nitrogens with zero attached hydrogens (tertiary/aromatic N) is 1. The monoisotopic (exact) mass is 461 g/mol. The van der Waals surface area contributed by atoms with Gasteiger partial charge < -0.3 is 8.81 Å². The molecule has 0 spiro atoms. The highest BCUT2D eigenvalue weighted by Crippen LogP contribution is 2.49. The maximum absolute atomic E-state index is 11.3. The average molecular weight is 461 g/mol. The van der Waals surface area contributed by atoms with Gasteiger partial charge in [0.1, 0.15) is 13.1 Å². The van der Waals surface area contributed by atoms with E-state index in [1.807, 2.05) is 12.1 Å². The Morgan fingerprint density at radius 3 is 1.62 bits per heavy atom. The Morgan fingerprint density at radius 2 is 1.31 bits per heavy atom. The van der Waals surface area contributed by atoms with E-state index in [0.717, 1.165) is 17.6 Å². The zero-order valence-corrected chi connectivity index (χ0v) is 18.9. The molecule has 0 bridgehead atoms. The fourth-order valence-corrected chi connectivity index (χ4v) is 6.77. The zero-order valence-electron chi connectivity index (χ0n) is 16.3. The number of benzene rings is 2. The molecule has 0 aromatic heterocycles. The van der Waals surface area contributed by atoms with Gasteiger partial charge in [-0.1, -0.05) is 36.4 Å². The molecule has 1 aliphatic rings. The summed E-state index contributed by atoms with van der Waals surface area (Å²) in [6, 6.07) is 20.9. The van der Waals surface area contributed by atoms with Crippen molar-refractivity contribution in [1.82, 2.24) is 0 Å². The molecule has 0 unspecified atom stereocenters. The van der Waals surface area contributed by atoms with Gasteiger partial charge in [0.25, 0.3) is 10.1 Å². The summed E-state index contributed by atoms with van der Waals surface area (Å²) in [6.45, 7) is 1.42.